The summed E-state index contributed by atoms with van der Waals surface area (Å²) >= 11 is 0. The molecule has 90 valence electrons. The Kier molecular flexibility index (Phi) is 4.52. The van der Waals surface area contributed by atoms with Crippen LogP contribution in [-0.4, -0.2) is 55.8 Å². The minimum Gasteiger partial charge on any atom is -0.386 e. The largest absolute Gasteiger partial charge is 0.386 e. The second-order valence-corrected chi connectivity index (χ2v) is 4.64. The third kappa shape index (κ3) is 2.91. The highest BCUT2D eigenvalue weighted by Crippen LogP contribution is 2.27. The van der Waals surface area contributed by atoms with Crippen molar-refractivity contribution in [2.75, 3.05) is 33.9 Å². The monoisotopic (exact) mass is 217 g/mol. The van der Waals surface area contributed by atoms with Crippen LogP contribution in [0, 0.1) is 5.92 Å². The van der Waals surface area contributed by atoms with E-state index in [2.05, 4.69) is 18.7 Å². The summed E-state index contributed by atoms with van der Waals surface area (Å²) in [6, 6.07) is 0. The first kappa shape index (κ1) is 12.9. The number of likely N-dealkylation sites (tertiary alicyclic amines) is 1. The van der Waals surface area contributed by atoms with Gasteiger partial charge in [0.25, 0.3) is 0 Å². The van der Waals surface area contributed by atoms with Crippen LogP contribution in [0.1, 0.15) is 20.3 Å². The highest BCUT2D eigenvalue weighted by molar-refractivity contribution is 4.88. The summed E-state index contributed by atoms with van der Waals surface area (Å²) in [5.74, 6) is -0.178. The minimum absolute atomic E-state index is 0.569. The Labute approximate surface area is 92.2 Å². The summed E-state index contributed by atoms with van der Waals surface area (Å²) in [6.45, 7) is 6.92. The summed E-state index contributed by atoms with van der Waals surface area (Å²) in [6.07, 6.45) is 0.147. The molecular weight excluding hydrogens is 194 g/mol. The van der Waals surface area contributed by atoms with Gasteiger partial charge in [0.15, 0.2) is 5.79 Å². The molecule has 4 heteroatoms. The second-order valence-electron chi connectivity index (χ2n) is 4.64. The van der Waals surface area contributed by atoms with E-state index in [1.807, 2.05) is 0 Å². The van der Waals surface area contributed by atoms with Gasteiger partial charge in [-0.25, -0.2) is 0 Å². The first-order valence-electron chi connectivity index (χ1n) is 5.55. The van der Waals surface area contributed by atoms with Gasteiger partial charge in [0.1, 0.15) is 6.10 Å². The van der Waals surface area contributed by atoms with Crippen molar-refractivity contribution >= 4 is 0 Å². The van der Waals surface area contributed by atoms with E-state index >= 15 is 0 Å². The molecule has 0 spiro atoms. The molecule has 0 bridgehead atoms. The van der Waals surface area contributed by atoms with Crippen molar-refractivity contribution in [3.05, 3.63) is 0 Å². The number of ether oxygens (including phenoxy) is 2. The molecule has 1 heterocycles. The second kappa shape index (κ2) is 5.25. The summed E-state index contributed by atoms with van der Waals surface area (Å²) in [4.78, 5) is 2.26. The number of aliphatic hydroxyl groups is 1. The van der Waals surface area contributed by atoms with Gasteiger partial charge in [-0.2, -0.15) is 0 Å². The molecule has 0 amide bonds. The van der Waals surface area contributed by atoms with E-state index in [4.69, 9.17) is 9.47 Å². The van der Waals surface area contributed by atoms with Crippen LogP contribution in [-0.2, 0) is 9.47 Å². The van der Waals surface area contributed by atoms with Gasteiger partial charge in [0.2, 0.25) is 0 Å². The van der Waals surface area contributed by atoms with Crippen LogP contribution in [0.25, 0.3) is 0 Å². The summed E-state index contributed by atoms with van der Waals surface area (Å²) < 4.78 is 10.6. The molecule has 4 nitrogen and oxygen atoms in total. The van der Waals surface area contributed by atoms with Crippen molar-refractivity contribution in [2.24, 2.45) is 5.92 Å². The van der Waals surface area contributed by atoms with Crippen LogP contribution in [0.5, 0.6) is 0 Å². The Bertz CT molecular complexity index is 192. The molecule has 0 aromatic heterocycles. The normalized spacial score (nSPS) is 27.2. The Hall–Kier alpha value is -0.160. The average Bonchev–Trinajstić information content (AvgIpc) is 2.18. The maximum Gasteiger partial charge on any atom is 0.196 e. The highest BCUT2D eigenvalue weighted by atomic mass is 16.7. The van der Waals surface area contributed by atoms with Gasteiger partial charge >= 0.3 is 0 Å². The first-order valence-corrected chi connectivity index (χ1v) is 5.55. The van der Waals surface area contributed by atoms with E-state index in [0.717, 1.165) is 13.1 Å². The molecule has 1 aliphatic rings. The van der Waals surface area contributed by atoms with Crippen LogP contribution in [0.2, 0.25) is 0 Å². The van der Waals surface area contributed by atoms with Crippen LogP contribution in [0.15, 0.2) is 0 Å². The van der Waals surface area contributed by atoms with Crippen molar-refractivity contribution in [1.29, 1.82) is 0 Å². The molecule has 15 heavy (non-hydrogen) atoms. The predicted octanol–water partition coefficient (Wildman–Crippen LogP) is 0.698. The van der Waals surface area contributed by atoms with E-state index in [0.29, 0.717) is 18.9 Å². The number of hydrogen-bond donors (Lipinski definition) is 1. The third-order valence-electron chi connectivity index (χ3n) is 3.03. The van der Waals surface area contributed by atoms with Gasteiger partial charge in [0.05, 0.1) is 0 Å². The Morgan fingerprint density at radius 3 is 2.40 bits per heavy atom. The smallest absolute Gasteiger partial charge is 0.196 e. The first-order chi connectivity index (χ1) is 7.04. The molecule has 1 rings (SSSR count). The van der Waals surface area contributed by atoms with Gasteiger partial charge < -0.3 is 19.5 Å². The van der Waals surface area contributed by atoms with Gasteiger partial charge in [-0.05, 0) is 5.92 Å². The number of piperidine rings is 1. The molecule has 1 saturated heterocycles. The summed E-state index contributed by atoms with van der Waals surface area (Å²) in [5.41, 5.74) is 0. The number of aliphatic hydroxyl groups excluding tert-OH is 1. The molecule has 0 radical (unpaired) electrons. The third-order valence-corrected chi connectivity index (χ3v) is 3.03. The van der Waals surface area contributed by atoms with Gasteiger partial charge in [-0.3, -0.25) is 0 Å². The van der Waals surface area contributed by atoms with Crippen molar-refractivity contribution in [1.82, 2.24) is 4.90 Å². The fourth-order valence-electron chi connectivity index (χ4n) is 2.20. The lowest BCUT2D eigenvalue weighted by Gasteiger charge is -2.43. The lowest BCUT2D eigenvalue weighted by molar-refractivity contribution is -0.278. The number of hydrogen-bond acceptors (Lipinski definition) is 4. The molecule has 0 aromatic rings. The Morgan fingerprint density at radius 2 is 2.00 bits per heavy atom. The van der Waals surface area contributed by atoms with Crippen molar-refractivity contribution in [3.8, 4) is 0 Å². The van der Waals surface area contributed by atoms with Crippen LogP contribution >= 0.6 is 0 Å². The molecule has 1 fully saturated rings. The highest BCUT2D eigenvalue weighted by Gasteiger charge is 2.42. The SMILES string of the molecule is COC1(OC)CCN(CC(C)C)CC1O. The lowest BCUT2D eigenvalue weighted by Crippen LogP contribution is -2.57. The minimum atomic E-state index is -0.798. The molecule has 1 aliphatic heterocycles. The van der Waals surface area contributed by atoms with Crippen LogP contribution in [0.4, 0.5) is 0 Å². The summed E-state index contributed by atoms with van der Waals surface area (Å²) in [5, 5.41) is 10.0. The molecule has 0 aromatic carbocycles. The zero-order chi connectivity index (χ0) is 11.5. The van der Waals surface area contributed by atoms with Gasteiger partial charge in [-0.15, -0.1) is 0 Å². The van der Waals surface area contributed by atoms with Crippen molar-refractivity contribution < 1.29 is 14.6 Å². The predicted molar refractivity (Wildman–Crippen MR) is 58.7 cm³/mol. The van der Waals surface area contributed by atoms with E-state index in [-0.39, 0.29) is 0 Å². The fourth-order valence-corrected chi connectivity index (χ4v) is 2.20. The van der Waals surface area contributed by atoms with E-state index in [1.165, 1.54) is 0 Å². The quantitative estimate of drug-likeness (QED) is 0.704. The molecular formula is C11H23NO3. The average molecular weight is 217 g/mol. The number of methoxy groups -OCH3 is 2. The molecule has 1 unspecified atom stereocenters. The number of rotatable bonds is 4. The van der Waals surface area contributed by atoms with Crippen molar-refractivity contribution in [2.45, 2.75) is 32.2 Å². The van der Waals surface area contributed by atoms with Gasteiger partial charge in [-0.1, -0.05) is 13.8 Å². The lowest BCUT2D eigenvalue weighted by atomic mass is 9.99. The maximum atomic E-state index is 10.0. The van der Waals surface area contributed by atoms with Crippen LogP contribution < -0.4 is 0 Å². The van der Waals surface area contributed by atoms with E-state index in [1.54, 1.807) is 14.2 Å². The Balaban J connectivity index is 2.54. The van der Waals surface area contributed by atoms with Gasteiger partial charge in [0, 0.05) is 40.3 Å². The maximum absolute atomic E-state index is 10.0. The Morgan fingerprint density at radius 1 is 1.40 bits per heavy atom. The molecule has 0 saturated carbocycles. The zero-order valence-corrected chi connectivity index (χ0v) is 10.2. The van der Waals surface area contributed by atoms with Crippen molar-refractivity contribution in [3.63, 3.8) is 0 Å². The van der Waals surface area contributed by atoms with Crippen LogP contribution in [0.3, 0.4) is 0 Å². The molecule has 0 aliphatic carbocycles. The fraction of sp³-hybridized carbons (Fsp3) is 1.00. The standard InChI is InChI=1S/C11H23NO3/c1-9(2)7-12-6-5-11(14-3,15-4)10(13)8-12/h9-10,13H,5-8H2,1-4H3. The number of β-amino-alcohol motifs (C(OH)–C–C–N with tert-alkyl or cyclic N) is 1. The molecule has 1 N–H and O–H groups in total. The number of nitrogens with zero attached hydrogens (tertiary/aromatic N) is 1. The molecule has 1 atom stereocenters. The van der Waals surface area contributed by atoms with E-state index in [9.17, 15) is 5.11 Å². The van der Waals surface area contributed by atoms with E-state index < -0.39 is 11.9 Å². The zero-order valence-electron chi connectivity index (χ0n) is 10.2. The topological polar surface area (TPSA) is 41.9 Å². The summed E-state index contributed by atoms with van der Waals surface area (Å²) in [7, 11) is 3.18.